The fraction of sp³-hybridized carbons (Fsp3) is 0.286. The number of amidine groups is 1. The predicted molar refractivity (Wildman–Crippen MR) is 72.1 cm³/mol. The van der Waals surface area contributed by atoms with Crippen molar-refractivity contribution in [2.75, 3.05) is 0 Å². The van der Waals surface area contributed by atoms with Crippen LogP contribution in [0.25, 0.3) is 0 Å². The number of hydrogen-bond acceptors (Lipinski definition) is 4. The van der Waals surface area contributed by atoms with Crippen LogP contribution in [0, 0.1) is 0 Å². The number of allylic oxidation sites excluding steroid dienone is 1. The number of aliphatic hydroxyl groups is 1. The third-order valence-electron chi connectivity index (χ3n) is 3.45. The molecule has 1 aliphatic heterocycles. The normalized spacial score (nSPS) is 22.2. The summed E-state index contributed by atoms with van der Waals surface area (Å²) in [5.74, 6) is -1.57. The summed E-state index contributed by atoms with van der Waals surface area (Å²) in [7, 11) is 0. The second-order valence-electron chi connectivity index (χ2n) is 4.89. The van der Waals surface area contributed by atoms with Crippen LogP contribution in [0.1, 0.15) is 25.0 Å². The van der Waals surface area contributed by atoms with Gasteiger partial charge in [0.15, 0.2) is 0 Å². The van der Waals surface area contributed by atoms with Crippen molar-refractivity contribution < 1.29 is 28.2 Å². The van der Waals surface area contributed by atoms with Gasteiger partial charge in [0.25, 0.3) is 5.72 Å². The van der Waals surface area contributed by atoms with Gasteiger partial charge in [-0.2, -0.15) is 13.2 Å². The molecule has 2 rings (SSSR count). The van der Waals surface area contributed by atoms with E-state index in [9.17, 15) is 23.1 Å². The Labute approximate surface area is 123 Å². The molecule has 1 aromatic carbocycles. The van der Waals surface area contributed by atoms with Crippen LogP contribution in [-0.4, -0.2) is 27.7 Å². The number of nitrogens with zero attached hydrogens (tertiary/aromatic N) is 1. The number of aliphatic imine (C=N–C) groups is 1. The first-order chi connectivity index (χ1) is 10.1. The molecule has 1 atom stereocenters. The van der Waals surface area contributed by atoms with Crippen LogP contribution in [0.4, 0.5) is 13.2 Å². The highest BCUT2D eigenvalue weighted by Crippen LogP contribution is 2.30. The highest BCUT2D eigenvalue weighted by atomic mass is 19.4. The van der Waals surface area contributed by atoms with E-state index in [0.717, 1.165) is 24.3 Å². The van der Waals surface area contributed by atoms with Crippen LogP contribution in [0.15, 0.2) is 40.5 Å². The van der Waals surface area contributed by atoms with Crippen LogP contribution in [0.3, 0.4) is 0 Å². The number of nitrogens with one attached hydrogen (secondary N) is 1. The Morgan fingerprint density at radius 1 is 1.23 bits per heavy atom. The lowest BCUT2D eigenvalue weighted by atomic mass is 10.00. The van der Waals surface area contributed by atoms with E-state index in [4.69, 9.17) is 5.11 Å². The summed E-state index contributed by atoms with van der Waals surface area (Å²) in [5, 5.41) is 22.0. The Hall–Kier alpha value is -2.35. The first kappa shape index (κ1) is 16.0. The van der Waals surface area contributed by atoms with Crippen LogP contribution in [-0.2, 0) is 11.0 Å². The van der Waals surface area contributed by atoms with Crippen LogP contribution in [0.2, 0.25) is 0 Å². The van der Waals surface area contributed by atoms with E-state index in [1.807, 2.05) is 0 Å². The molecule has 5 nitrogen and oxygen atoms in total. The van der Waals surface area contributed by atoms with Gasteiger partial charge in [-0.15, -0.1) is 0 Å². The molecule has 1 heterocycles. The lowest BCUT2D eigenvalue weighted by molar-refractivity contribution is -0.153. The number of carboxylic acid groups (broad SMARTS) is 1. The van der Waals surface area contributed by atoms with Crippen molar-refractivity contribution in [3.05, 3.63) is 46.7 Å². The van der Waals surface area contributed by atoms with Crippen molar-refractivity contribution in [3.8, 4) is 0 Å². The number of carbonyl (C=O) groups is 1. The highest BCUT2D eigenvalue weighted by Gasteiger charge is 2.42. The largest absolute Gasteiger partial charge is 0.477 e. The second kappa shape index (κ2) is 5.13. The maximum absolute atomic E-state index is 12.5. The molecule has 0 saturated carbocycles. The Morgan fingerprint density at radius 3 is 2.23 bits per heavy atom. The SMILES string of the molecule is CC1=C(C)C(O)(C(=O)O)N=C(c2ccc(C(F)(F)F)cc2)N1. The quantitative estimate of drug-likeness (QED) is 0.781. The Bertz CT molecular complexity index is 678. The molecular formula is C14H13F3N2O3. The number of hydrogen-bond donors (Lipinski definition) is 3. The van der Waals surface area contributed by atoms with Crippen molar-refractivity contribution >= 4 is 11.8 Å². The third kappa shape index (κ3) is 2.69. The van der Waals surface area contributed by atoms with E-state index in [2.05, 4.69) is 10.3 Å². The van der Waals surface area contributed by atoms with E-state index in [0.29, 0.717) is 5.70 Å². The minimum absolute atomic E-state index is 0.0123. The minimum atomic E-state index is -4.46. The maximum Gasteiger partial charge on any atom is 0.416 e. The van der Waals surface area contributed by atoms with Gasteiger partial charge < -0.3 is 15.5 Å². The van der Waals surface area contributed by atoms with Gasteiger partial charge in [-0.1, -0.05) is 12.1 Å². The Balaban J connectivity index is 2.44. The van der Waals surface area contributed by atoms with E-state index < -0.39 is 23.4 Å². The molecular weight excluding hydrogens is 301 g/mol. The van der Waals surface area contributed by atoms with Gasteiger partial charge in [0.1, 0.15) is 5.84 Å². The zero-order chi connectivity index (χ0) is 16.7. The Kier molecular flexibility index (Phi) is 3.74. The second-order valence-corrected chi connectivity index (χ2v) is 4.89. The van der Waals surface area contributed by atoms with Gasteiger partial charge in [0.05, 0.1) is 5.56 Å². The summed E-state index contributed by atoms with van der Waals surface area (Å²) in [6.07, 6.45) is -4.46. The van der Waals surface area contributed by atoms with Crippen molar-refractivity contribution in [2.45, 2.75) is 25.7 Å². The van der Waals surface area contributed by atoms with Gasteiger partial charge in [0.2, 0.25) is 0 Å². The highest BCUT2D eigenvalue weighted by molar-refractivity contribution is 6.03. The smallest absolute Gasteiger partial charge is 0.416 e. The zero-order valence-electron chi connectivity index (χ0n) is 11.7. The van der Waals surface area contributed by atoms with Gasteiger partial charge in [0, 0.05) is 16.8 Å². The zero-order valence-corrected chi connectivity index (χ0v) is 11.7. The summed E-state index contributed by atoms with van der Waals surface area (Å²) in [6.45, 7) is 2.95. The molecule has 118 valence electrons. The molecule has 1 aromatic rings. The van der Waals surface area contributed by atoms with Crippen molar-refractivity contribution in [1.29, 1.82) is 0 Å². The first-order valence-electron chi connectivity index (χ1n) is 6.24. The van der Waals surface area contributed by atoms with Crippen LogP contribution >= 0.6 is 0 Å². The topological polar surface area (TPSA) is 81.9 Å². The number of rotatable bonds is 2. The standard InChI is InChI=1S/C14H13F3N2O3/c1-7-8(2)18-11(19-13(7,22)12(20)21)9-3-5-10(6-4-9)14(15,16)17/h3-6,22H,1-2H3,(H,18,19)(H,20,21). The fourth-order valence-corrected chi connectivity index (χ4v) is 1.97. The molecule has 0 aromatic heterocycles. The Morgan fingerprint density at radius 2 is 1.77 bits per heavy atom. The molecule has 0 bridgehead atoms. The molecule has 1 unspecified atom stereocenters. The number of alkyl halides is 3. The average Bonchev–Trinajstić information content (AvgIpc) is 2.43. The van der Waals surface area contributed by atoms with Crippen molar-refractivity contribution in [2.24, 2.45) is 4.99 Å². The van der Waals surface area contributed by atoms with Gasteiger partial charge >= 0.3 is 12.1 Å². The molecule has 0 fully saturated rings. The number of benzene rings is 1. The molecule has 1 aliphatic rings. The first-order valence-corrected chi connectivity index (χ1v) is 6.24. The monoisotopic (exact) mass is 314 g/mol. The molecule has 0 spiro atoms. The average molecular weight is 314 g/mol. The third-order valence-corrected chi connectivity index (χ3v) is 3.45. The lowest BCUT2D eigenvalue weighted by Crippen LogP contribution is -2.46. The maximum atomic E-state index is 12.5. The number of aliphatic carboxylic acids is 1. The summed E-state index contributed by atoms with van der Waals surface area (Å²) in [5.41, 5.74) is -2.55. The molecule has 0 radical (unpaired) electrons. The molecule has 0 amide bonds. The molecule has 0 saturated heterocycles. The molecule has 3 N–H and O–H groups in total. The predicted octanol–water partition coefficient (Wildman–Crippen LogP) is 2.12. The summed E-state index contributed by atoms with van der Waals surface area (Å²) >= 11 is 0. The number of halogens is 3. The number of carboxylic acids is 1. The van der Waals surface area contributed by atoms with Crippen molar-refractivity contribution in [3.63, 3.8) is 0 Å². The van der Waals surface area contributed by atoms with Crippen molar-refractivity contribution in [1.82, 2.24) is 5.32 Å². The molecule has 8 heteroatoms. The molecule has 22 heavy (non-hydrogen) atoms. The summed E-state index contributed by atoms with van der Waals surface area (Å²) in [6, 6.07) is 4.04. The van der Waals surface area contributed by atoms with E-state index in [1.54, 1.807) is 6.92 Å². The van der Waals surface area contributed by atoms with Gasteiger partial charge in [-0.05, 0) is 26.0 Å². The summed E-state index contributed by atoms with van der Waals surface area (Å²) in [4.78, 5) is 15.0. The van der Waals surface area contributed by atoms with E-state index in [1.165, 1.54) is 6.92 Å². The van der Waals surface area contributed by atoms with E-state index >= 15 is 0 Å². The fourth-order valence-electron chi connectivity index (χ4n) is 1.97. The van der Waals surface area contributed by atoms with Crippen LogP contribution < -0.4 is 5.32 Å². The van der Waals surface area contributed by atoms with Gasteiger partial charge in [-0.25, -0.2) is 9.79 Å². The molecule has 0 aliphatic carbocycles. The lowest BCUT2D eigenvalue weighted by Gasteiger charge is -2.29. The van der Waals surface area contributed by atoms with Gasteiger partial charge in [-0.3, -0.25) is 0 Å². The minimum Gasteiger partial charge on any atom is -0.477 e. The van der Waals surface area contributed by atoms with E-state index in [-0.39, 0.29) is 17.0 Å². The summed E-state index contributed by atoms with van der Waals surface area (Å²) < 4.78 is 37.6. The van der Waals surface area contributed by atoms with Crippen LogP contribution in [0.5, 0.6) is 0 Å².